The summed E-state index contributed by atoms with van der Waals surface area (Å²) in [6.45, 7) is 1.93. The van der Waals surface area contributed by atoms with E-state index in [2.05, 4.69) is 9.98 Å². The Hall–Kier alpha value is -1.59. The quantitative estimate of drug-likeness (QED) is 0.906. The molecule has 0 aliphatic carbocycles. The minimum Gasteiger partial charge on any atom is -0.379 e. The van der Waals surface area contributed by atoms with Crippen LogP contribution in [0.4, 0.5) is 4.39 Å². The van der Waals surface area contributed by atoms with Crippen LogP contribution in [0.5, 0.6) is 0 Å². The molecule has 1 aliphatic heterocycles. The van der Waals surface area contributed by atoms with E-state index < -0.39 is 5.54 Å². The molecule has 0 unspecified atom stereocenters. The molecule has 23 heavy (non-hydrogen) atoms. The summed E-state index contributed by atoms with van der Waals surface area (Å²) in [7, 11) is 0. The molecular formula is C17H17ClFN3S. The molecule has 3 nitrogen and oxygen atoms in total. The van der Waals surface area contributed by atoms with Gasteiger partial charge in [0.25, 0.3) is 0 Å². The lowest BCUT2D eigenvalue weighted by atomic mass is 9.87. The van der Waals surface area contributed by atoms with Crippen molar-refractivity contribution in [2.24, 2.45) is 10.7 Å². The smallest absolute Gasteiger partial charge is 0.154 e. The number of nitrogens with zero attached hydrogens (tertiary/aromatic N) is 2. The third-order valence-electron chi connectivity index (χ3n) is 4.01. The molecule has 120 valence electrons. The average Bonchev–Trinajstić information content (AvgIpc) is 2.51. The number of nitrogens with two attached hydrogens (primary N) is 1. The van der Waals surface area contributed by atoms with Gasteiger partial charge in [-0.05, 0) is 37.1 Å². The Morgan fingerprint density at radius 3 is 2.96 bits per heavy atom. The Morgan fingerprint density at radius 2 is 2.22 bits per heavy atom. The maximum absolute atomic E-state index is 14.4. The second kappa shape index (κ2) is 6.49. The molecule has 0 radical (unpaired) electrons. The van der Waals surface area contributed by atoms with E-state index in [1.807, 2.05) is 13.0 Å². The topological polar surface area (TPSA) is 51.3 Å². The predicted octanol–water partition coefficient (Wildman–Crippen LogP) is 4.13. The van der Waals surface area contributed by atoms with Gasteiger partial charge in [-0.25, -0.2) is 4.39 Å². The van der Waals surface area contributed by atoms with E-state index in [-0.39, 0.29) is 5.82 Å². The van der Waals surface area contributed by atoms with Crippen molar-refractivity contribution in [1.82, 2.24) is 4.98 Å². The first-order valence-electron chi connectivity index (χ1n) is 7.34. The summed E-state index contributed by atoms with van der Waals surface area (Å²) < 4.78 is 14.4. The largest absolute Gasteiger partial charge is 0.379 e. The fourth-order valence-corrected chi connectivity index (χ4v) is 3.88. The molecule has 0 fully saturated rings. The van der Waals surface area contributed by atoms with Crippen LogP contribution in [0.25, 0.3) is 0 Å². The number of halogens is 2. The lowest BCUT2D eigenvalue weighted by molar-refractivity contribution is 0.449. The van der Waals surface area contributed by atoms with Gasteiger partial charge >= 0.3 is 0 Å². The molecule has 6 heteroatoms. The Labute approximate surface area is 144 Å². The highest BCUT2D eigenvalue weighted by atomic mass is 35.5. The summed E-state index contributed by atoms with van der Waals surface area (Å²) in [5.74, 6) is 0.577. The minimum atomic E-state index is -0.622. The summed E-state index contributed by atoms with van der Waals surface area (Å²) in [5.41, 5.74) is 7.53. The zero-order valence-electron chi connectivity index (χ0n) is 12.7. The zero-order chi connectivity index (χ0) is 16.4. The number of aliphatic imine (C=N–C) groups is 1. The van der Waals surface area contributed by atoms with Crippen molar-refractivity contribution < 1.29 is 4.39 Å². The van der Waals surface area contributed by atoms with E-state index in [9.17, 15) is 4.39 Å². The predicted molar refractivity (Wildman–Crippen MR) is 94.5 cm³/mol. The first-order chi connectivity index (χ1) is 11.0. The lowest BCUT2D eigenvalue weighted by Crippen LogP contribution is -2.29. The number of rotatable bonds is 3. The van der Waals surface area contributed by atoms with Gasteiger partial charge in [0.2, 0.25) is 0 Å². The summed E-state index contributed by atoms with van der Waals surface area (Å²) in [4.78, 5) is 8.78. The van der Waals surface area contributed by atoms with Crippen molar-refractivity contribution in [3.63, 3.8) is 0 Å². The van der Waals surface area contributed by atoms with Crippen molar-refractivity contribution in [2.75, 3.05) is 5.75 Å². The molecule has 2 heterocycles. The van der Waals surface area contributed by atoms with Crippen LogP contribution in [0.2, 0.25) is 5.02 Å². The number of aromatic nitrogens is 1. The van der Waals surface area contributed by atoms with Gasteiger partial charge in [-0.3, -0.25) is 9.98 Å². The molecule has 1 atom stereocenters. The Balaban J connectivity index is 1.97. The number of pyridine rings is 1. The third kappa shape index (κ3) is 3.51. The molecule has 1 aromatic carbocycles. The lowest BCUT2D eigenvalue weighted by Gasteiger charge is -2.30. The standard InChI is InChI=1S/C17H17ClFN3S/c1-17(6-8-23-16(20)22-17)12-9-11(4-5-14(12)19)10-15-13(18)3-2-7-21-15/h2-5,7,9H,6,8,10H2,1H3,(H2,20,22)/t17-/m0/s1. The molecule has 1 aliphatic rings. The molecule has 2 N–H and O–H groups in total. The molecule has 0 bridgehead atoms. The zero-order valence-corrected chi connectivity index (χ0v) is 14.3. The van der Waals surface area contributed by atoms with E-state index in [4.69, 9.17) is 17.3 Å². The summed E-state index contributed by atoms with van der Waals surface area (Å²) in [6, 6.07) is 8.70. The van der Waals surface area contributed by atoms with Gasteiger partial charge in [0.05, 0.1) is 16.3 Å². The number of hydrogen-bond donors (Lipinski definition) is 1. The highest BCUT2D eigenvalue weighted by Crippen LogP contribution is 2.37. The minimum absolute atomic E-state index is 0.258. The van der Waals surface area contributed by atoms with Gasteiger partial charge in [-0.15, -0.1) is 0 Å². The summed E-state index contributed by atoms with van der Waals surface area (Å²) in [6.07, 6.45) is 3.01. The highest BCUT2D eigenvalue weighted by molar-refractivity contribution is 8.13. The number of thioether (sulfide) groups is 1. The monoisotopic (exact) mass is 349 g/mol. The summed E-state index contributed by atoms with van der Waals surface area (Å²) >= 11 is 7.67. The van der Waals surface area contributed by atoms with Crippen molar-refractivity contribution in [3.8, 4) is 0 Å². The van der Waals surface area contributed by atoms with Gasteiger partial charge in [0, 0.05) is 23.9 Å². The fraction of sp³-hybridized carbons (Fsp3) is 0.294. The van der Waals surface area contributed by atoms with Gasteiger partial charge in [0.15, 0.2) is 5.17 Å². The van der Waals surface area contributed by atoms with Crippen molar-refractivity contribution in [1.29, 1.82) is 0 Å². The van der Waals surface area contributed by atoms with Crippen molar-refractivity contribution in [3.05, 3.63) is 64.2 Å². The van der Waals surface area contributed by atoms with Crippen LogP contribution in [0.1, 0.15) is 30.2 Å². The second-order valence-electron chi connectivity index (χ2n) is 5.75. The van der Waals surface area contributed by atoms with E-state index in [1.54, 1.807) is 24.4 Å². The van der Waals surface area contributed by atoms with E-state index in [1.165, 1.54) is 17.8 Å². The molecule has 1 aromatic heterocycles. The van der Waals surface area contributed by atoms with Gasteiger partial charge in [-0.1, -0.05) is 35.5 Å². The fourth-order valence-electron chi connectivity index (χ4n) is 2.72. The van der Waals surface area contributed by atoms with Crippen LogP contribution in [0, 0.1) is 5.82 Å². The Kier molecular flexibility index (Phi) is 4.60. The van der Waals surface area contributed by atoms with Crippen LogP contribution in [0.15, 0.2) is 41.5 Å². The van der Waals surface area contributed by atoms with Crippen molar-refractivity contribution in [2.45, 2.75) is 25.3 Å². The van der Waals surface area contributed by atoms with E-state index in [0.29, 0.717) is 22.2 Å². The molecule has 2 aromatic rings. The Morgan fingerprint density at radius 1 is 1.39 bits per heavy atom. The van der Waals surface area contributed by atoms with Crippen LogP contribution >= 0.6 is 23.4 Å². The van der Waals surface area contributed by atoms with Crippen LogP contribution in [-0.4, -0.2) is 15.9 Å². The molecule has 0 saturated carbocycles. The third-order valence-corrected chi connectivity index (χ3v) is 5.15. The van der Waals surface area contributed by atoms with Crippen LogP contribution < -0.4 is 5.73 Å². The highest BCUT2D eigenvalue weighted by Gasteiger charge is 2.32. The number of amidine groups is 1. The van der Waals surface area contributed by atoms with Crippen molar-refractivity contribution >= 4 is 28.5 Å². The molecular weight excluding hydrogens is 333 g/mol. The normalized spacial score (nSPS) is 21.1. The number of hydrogen-bond acceptors (Lipinski definition) is 4. The first-order valence-corrected chi connectivity index (χ1v) is 8.71. The SMILES string of the molecule is C[C@@]1(c2cc(Cc3ncccc3Cl)ccc2F)CCSC(N)=N1. The average molecular weight is 350 g/mol. The maximum atomic E-state index is 14.4. The molecule has 3 rings (SSSR count). The van der Waals surface area contributed by atoms with E-state index >= 15 is 0 Å². The molecule has 0 spiro atoms. The van der Waals surface area contributed by atoms with Crippen LogP contribution in [0.3, 0.4) is 0 Å². The summed E-state index contributed by atoms with van der Waals surface area (Å²) in [5, 5.41) is 1.12. The maximum Gasteiger partial charge on any atom is 0.154 e. The molecule has 0 amide bonds. The second-order valence-corrected chi connectivity index (χ2v) is 7.27. The number of benzene rings is 1. The van der Waals surface area contributed by atoms with E-state index in [0.717, 1.165) is 23.4 Å². The van der Waals surface area contributed by atoms with Crippen LogP contribution in [-0.2, 0) is 12.0 Å². The van der Waals surface area contributed by atoms with Gasteiger partial charge in [0.1, 0.15) is 5.82 Å². The molecule has 0 saturated heterocycles. The van der Waals surface area contributed by atoms with Gasteiger partial charge in [-0.2, -0.15) is 0 Å². The van der Waals surface area contributed by atoms with Gasteiger partial charge < -0.3 is 5.73 Å². The Bertz CT molecular complexity index is 765. The first kappa shape index (κ1) is 16.3.